The standard InChI is InChI=1S/C37H24N2/c1-2-11-25(12-3-1)28-17-10-20-35-36(28)32-16-7-9-19-34(32)39(35)27-23-21-26(22-24-27)37-31-15-5-4-13-29(31)30-14-6-8-18-33(30)38-37/h1-24H. The van der Waals surface area contributed by atoms with Gasteiger partial charge in [-0.3, -0.25) is 0 Å². The number of hydrogen-bond acceptors (Lipinski definition) is 1. The van der Waals surface area contributed by atoms with Crippen molar-refractivity contribution in [3.63, 3.8) is 0 Å². The largest absolute Gasteiger partial charge is 0.309 e. The average molecular weight is 497 g/mol. The molecule has 8 rings (SSSR count). The molecule has 0 aliphatic rings. The van der Waals surface area contributed by atoms with Gasteiger partial charge in [0.1, 0.15) is 0 Å². The van der Waals surface area contributed by atoms with Gasteiger partial charge in [-0.05, 0) is 46.8 Å². The third kappa shape index (κ3) is 3.39. The molecule has 0 amide bonds. The van der Waals surface area contributed by atoms with Crippen LogP contribution in [0.15, 0.2) is 146 Å². The zero-order valence-electron chi connectivity index (χ0n) is 21.3. The van der Waals surface area contributed by atoms with E-state index in [-0.39, 0.29) is 0 Å². The quantitative estimate of drug-likeness (QED) is 0.223. The maximum Gasteiger partial charge on any atom is 0.0788 e. The Bertz CT molecular complexity index is 2150. The number of nitrogens with zero attached hydrogens (tertiary/aromatic N) is 2. The Hall–Kier alpha value is -5.21. The maximum atomic E-state index is 5.10. The molecular formula is C37H24N2. The van der Waals surface area contributed by atoms with Crippen molar-refractivity contribution in [3.05, 3.63) is 146 Å². The van der Waals surface area contributed by atoms with Crippen LogP contribution in [0, 0.1) is 0 Å². The molecule has 2 nitrogen and oxygen atoms in total. The van der Waals surface area contributed by atoms with Crippen LogP contribution in [0.5, 0.6) is 0 Å². The summed E-state index contributed by atoms with van der Waals surface area (Å²) in [5, 5.41) is 6.14. The Labute approximate surface area is 226 Å². The van der Waals surface area contributed by atoms with E-state index >= 15 is 0 Å². The van der Waals surface area contributed by atoms with Crippen LogP contribution in [0.4, 0.5) is 0 Å². The van der Waals surface area contributed by atoms with Crippen molar-refractivity contribution in [2.24, 2.45) is 0 Å². The Morgan fingerprint density at radius 1 is 0.410 bits per heavy atom. The highest BCUT2D eigenvalue weighted by molar-refractivity contribution is 6.16. The highest BCUT2D eigenvalue weighted by Gasteiger charge is 2.16. The predicted molar refractivity (Wildman–Crippen MR) is 164 cm³/mol. The first-order chi connectivity index (χ1) is 19.4. The van der Waals surface area contributed by atoms with Gasteiger partial charge in [0.25, 0.3) is 0 Å². The zero-order chi connectivity index (χ0) is 25.8. The lowest BCUT2D eigenvalue weighted by Crippen LogP contribution is -1.95. The van der Waals surface area contributed by atoms with Crippen LogP contribution in [0.2, 0.25) is 0 Å². The van der Waals surface area contributed by atoms with E-state index in [2.05, 4.69) is 150 Å². The number of rotatable bonds is 3. The normalized spacial score (nSPS) is 11.6. The van der Waals surface area contributed by atoms with Gasteiger partial charge >= 0.3 is 0 Å². The molecule has 2 heterocycles. The number of fused-ring (bicyclic) bond motifs is 6. The van der Waals surface area contributed by atoms with Gasteiger partial charge in [0.05, 0.1) is 22.2 Å². The molecule has 0 atom stereocenters. The zero-order valence-corrected chi connectivity index (χ0v) is 21.3. The molecule has 0 bridgehead atoms. The maximum absolute atomic E-state index is 5.10. The Balaban J connectivity index is 1.34. The number of aromatic nitrogens is 2. The van der Waals surface area contributed by atoms with Crippen LogP contribution in [0.3, 0.4) is 0 Å². The number of benzene rings is 6. The Morgan fingerprint density at radius 3 is 1.87 bits per heavy atom. The lowest BCUT2D eigenvalue weighted by molar-refractivity contribution is 1.18. The molecule has 0 N–H and O–H groups in total. The Morgan fingerprint density at radius 2 is 1.05 bits per heavy atom. The van der Waals surface area contributed by atoms with Crippen LogP contribution in [0.1, 0.15) is 0 Å². The molecule has 8 aromatic rings. The second-order valence-electron chi connectivity index (χ2n) is 9.99. The van der Waals surface area contributed by atoms with Crippen LogP contribution >= 0.6 is 0 Å². The van der Waals surface area contributed by atoms with E-state index in [1.54, 1.807) is 0 Å². The molecule has 182 valence electrons. The first-order valence-corrected chi connectivity index (χ1v) is 13.3. The summed E-state index contributed by atoms with van der Waals surface area (Å²) >= 11 is 0. The average Bonchev–Trinajstić information content (AvgIpc) is 3.36. The summed E-state index contributed by atoms with van der Waals surface area (Å²) in [5.74, 6) is 0. The molecule has 0 aliphatic heterocycles. The monoisotopic (exact) mass is 496 g/mol. The van der Waals surface area contributed by atoms with Crippen molar-refractivity contribution in [2.75, 3.05) is 0 Å². The molecule has 0 fully saturated rings. The SMILES string of the molecule is c1ccc(-c2cccc3c2c2ccccc2n3-c2ccc(-c3nc4ccccc4c4ccccc34)cc2)cc1. The van der Waals surface area contributed by atoms with Gasteiger partial charge in [0.2, 0.25) is 0 Å². The van der Waals surface area contributed by atoms with E-state index in [0.29, 0.717) is 0 Å². The Kier molecular flexibility index (Phi) is 4.86. The molecular weight excluding hydrogens is 472 g/mol. The summed E-state index contributed by atoms with van der Waals surface area (Å²) in [6.45, 7) is 0. The van der Waals surface area contributed by atoms with Crippen molar-refractivity contribution in [3.8, 4) is 28.1 Å². The fraction of sp³-hybridized carbons (Fsp3) is 0. The number of pyridine rings is 1. The van der Waals surface area contributed by atoms with E-state index in [4.69, 9.17) is 4.98 Å². The van der Waals surface area contributed by atoms with E-state index < -0.39 is 0 Å². The van der Waals surface area contributed by atoms with Crippen molar-refractivity contribution < 1.29 is 0 Å². The second-order valence-corrected chi connectivity index (χ2v) is 9.99. The van der Waals surface area contributed by atoms with Crippen LogP contribution in [-0.2, 0) is 0 Å². The molecule has 0 aliphatic carbocycles. The van der Waals surface area contributed by atoms with Gasteiger partial charge < -0.3 is 4.57 Å². The van der Waals surface area contributed by atoms with Gasteiger partial charge in [-0.25, -0.2) is 4.98 Å². The van der Waals surface area contributed by atoms with Gasteiger partial charge in [0.15, 0.2) is 0 Å². The fourth-order valence-corrected chi connectivity index (χ4v) is 6.05. The minimum atomic E-state index is 1.02. The van der Waals surface area contributed by atoms with Crippen molar-refractivity contribution in [1.29, 1.82) is 0 Å². The highest BCUT2D eigenvalue weighted by atomic mass is 15.0. The van der Waals surface area contributed by atoms with E-state index in [9.17, 15) is 0 Å². The van der Waals surface area contributed by atoms with Crippen LogP contribution in [-0.4, -0.2) is 9.55 Å². The lowest BCUT2D eigenvalue weighted by atomic mass is 9.99. The molecule has 6 aromatic carbocycles. The van der Waals surface area contributed by atoms with Crippen molar-refractivity contribution >= 4 is 43.5 Å². The second kappa shape index (κ2) is 8.68. The highest BCUT2D eigenvalue weighted by Crippen LogP contribution is 2.39. The summed E-state index contributed by atoms with van der Waals surface area (Å²) in [6.07, 6.45) is 0. The minimum absolute atomic E-state index is 1.02. The van der Waals surface area contributed by atoms with Crippen LogP contribution in [0.25, 0.3) is 71.6 Å². The third-order valence-corrected chi connectivity index (χ3v) is 7.79. The summed E-state index contributed by atoms with van der Waals surface area (Å²) in [7, 11) is 0. The van der Waals surface area contributed by atoms with Crippen molar-refractivity contribution in [2.45, 2.75) is 0 Å². The van der Waals surface area contributed by atoms with E-state index in [1.165, 1.54) is 49.1 Å². The smallest absolute Gasteiger partial charge is 0.0788 e. The van der Waals surface area contributed by atoms with Gasteiger partial charge in [-0.15, -0.1) is 0 Å². The number of hydrogen-bond donors (Lipinski definition) is 0. The van der Waals surface area contributed by atoms with Gasteiger partial charge in [-0.1, -0.05) is 115 Å². The molecule has 0 unspecified atom stereocenters. The summed E-state index contributed by atoms with van der Waals surface area (Å²) < 4.78 is 2.38. The molecule has 0 radical (unpaired) electrons. The van der Waals surface area contributed by atoms with Gasteiger partial charge in [0, 0.05) is 32.8 Å². The minimum Gasteiger partial charge on any atom is -0.309 e. The predicted octanol–water partition coefficient (Wildman–Crippen LogP) is 9.82. The molecule has 2 aromatic heterocycles. The van der Waals surface area contributed by atoms with Gasteiger partial charge in [-0.2, -0.15) is 0 Å². The van der Waals surface area contributed by atoms with Crippen molar-refractivity contribution in [1.82, 2.24) is 9.55 Å². The first kappa shape index (κ1) is 21.8. The summed E-state index contributed by atoms with van der Waals surface area (Å²) in [4.78, 5) is 5.10. The third-order valence-electron chi connectivity index (χ3n) is 7.79. The number of para-hydroxylation sites is 2. The molecule has 0 saturated carbocycles. The van der Waals surface area contributed by atoms with E-state index in [0.717, 1.165) is 22.5 Å². The molecule has 39 heavy (non-hydrogen) atoms. The molecule has 0 spiro atoms. The summed E-state index contributed by atoms with van der Waals surface area (Å²) in [6, 6.07) is 51.8. The topological polar surface area (TPSA) is 17.8 Å². The molecule has 0 saturated heterocycles. The fourth-order valence-electron chi connectivity index (χ4n) is 6.05. The first-order valence-electron chi connectivity index (χ1n) is 13.3. The van der Waals surface area contributed by atoms with E-state index in [1.807, 2.05) is 0 Å². The lowest BCUT2D eigenvalue weighted by Gasteiger charge is -2.12. The molecule has 2 heteroatoms. The summed E-state index contributed by atoms with van der Waals surface area (Å²) in [5.41, 5.74) is 9.20. The van der Waals surface area contributed by atoms with Crippen LogP contribution < -0.4 is 0 Å².